The van der Waals surface area contributed by atoms with Gasteiger partial charge in [-0.1, -0.05) is 0 Å². The van der Waals surface area contributed by atoms with Gasteiger partial charge in [-0.15, -0.1) is 0 Å². The molecule has 7 nitrogen and oxygen atoms in total. The van der Waals surface area contributed by atoms with Crippen LogP contribution >= 0.6 is 0 Å². The van der Waals surface area contributed by atoms with Gasteiger partial charge in [0.2, 0.25) is 0 Å². The van der Waals surface area contributed by atoms with E-state index in [1.807, 2.05) is 4.72 Å². The number of carbonyl (C=O) groups is 1. The molecule has 1 saturated carbocycles. The smallest absolute Gasteiger partial charge is 0.328 e. The summed E-state index contributed by atoms with van der Waals surface area (Å²) in [6.07, 6.45) is 1.76. The van der Waals surface area contributed by atoms with E-state index in [1.54, 1.807) is 0 Å². The van der Waals surface area contributed by atoms with Crippen molar-refractivity contribution in [3.63, 3.8) is 0 Å². The first-order valence-electron chi connectivity index (χ1n) is 5.69. The zero-order valence-corrected chi connectivity index (χ0v) is 11.2. The van der Waals surface area contributed by atoms with E-state index in [0.29, 0.717) is 5.69 Å². The average Bonchev–Trinajstić information content (AvgIpc) is 3.12. The number of benzene rings is 1. The molecule has 0 atom stereocenters. The van der Waals surface area contributed by atoms with Gasteiger partial charge in [-0.25, -0.2) is 17.9 Å². The molecule has 2 rings (SSSR count). The Bertz CT molecular complexity index is 596. The molecule has 2 amide bonds. The van der Waals surface area contributed by atoms with E-state index < -0.39 is 16.1 Å². The maximum Gasteiger partial charge on any atom is 0.328 e. The maximum absolute atomic E-state index is 12.0. The minimum atomic E-state index is -3.92. The predicted molar refractivity (Wildman–Crippen MR) is 69.3 cm³/mol. The van der Waals surface area contributed by atoms with Crippen LogP contribution < -0.4 is 20.5 Å². The molecule has 0 aliphatic heterocycles. The molecule has 0 saturated heterocycles. The van der Waals surface area contributed by atoms with Crippen LogP contribution in [0, 0.1) is 0 Å². The molecule has 1 aliphatic carbocycles. The fraction of sp³-hybridized carbons (Fsp3) is 0.364. The average molecular weight is 285 g/mol. The summed E-state index contributed by atoms with van der Waals surface area (Å²) in [5.74, 6) is 0.241. The summed E-state index contributed by atoms with van der Waals surface area (Å²) in [6, 6.07) is 3.34. The van der Waals surface area contributed by atoms with Crippen molar-refractivity contribution in [3.8, 4) is 5.75 Å². The van der Waals surface area contributed by atoms with Gasteiger partial charge in [0.15, 0.2) is 0 Å². The first-order chi connectivity index (χ1) is 8.92. The van der Waals surface area contributed by atoms with E-state index in [9.17, 15) is 13.2 Å². The van der Waals surface area contributed by atoms with Crippen LogP contribution in [-0.4, -0.2) is 27.6 Å². The minimum Gasteiger partial charge on any atom is -0.495 e. The monoisotopic (exact) mass is 285 g/mol. The first-order valence-corrected chi connectivity index (χ1v) is 7.17. The summed E-state index contributed by atoms with van der Waals surface area (Å²) >= 11 is 0. The molecule has 1 fully saturated rings. The molecule has 0 bridgehead atoms. The van der Waals surface area contributed by atoms with Crippen molar-refractivity contribution in [3.05, 3.63) is 18.2 Å². The van der Waals surface area contributed by atoms with Gasteiger partial charge in [0, 0.05) is 12.1 Å². The Labute approximate surface area is 111 Å². The molecule has 0 unspecified atom stereocenters. The summed E-state index contributed by atoms with van der Waals surface area (Å²) in [5.41, 5.74) is 5.92. The normalized spacial score (nSPS) is 14.8. The highest BCUT2D eigenvalue weighted by molar-refractivity contribution is 7.90. The number of ether oxygens (including phenoxy) is 1. The van der Waals surface area contributed by atoms with Crippen LogP contribution in [0.1, 0.15) is 12.8 Å². The van der Waals surface area contributed by atoms with Crippen LogP contribution in [-0.2, 0) is 10.0 Å². The summed E-state index contributed by atoms with van der Waals surface area (Å²) in [6.45, 7) is 0. The van der Waals surface area contributed by atoms with Crippen LogP contribution in [0.15, 0.2) is 23.1 Å². The van der Waals surface area contributed by atoms with Crippen LogP contribution in [0.3, 0.4) is 0 Å². The SMILES string of the molecule is COc1cc(S(=O)(=O)NC(=O)NC2CC2)ccc1N. The Kier molecular flexibility index (Phi) is 3.52. The van der Waals surface area contributed by atoms with Gasteiger partial charge in [0.1, 0.15) is 5.75 Å². The second kappa shape index (κ2) is 4.96. The third-order valence-electron chi connectivity index (χ3n) is 2.65. The number of hydrogen-bond donors (Lipinski definition) is 3. The molecule has 104 valence electrons. The van der Waals surface area contributed by atoms with Crippen molar-refractivity contribution in [2.45, 2.75) is 23.8 Å². The van der Waals surface area contributed by atoms with Crippen LogP contribution in [0.5, 0.6) is 5.75 Å². The number of carbonyl (C=O) groups excluding carboxylic acids is 1. The van der Waals surface area contributed by atoms with E-state index in [-0.39, 0.29) is 16.7 Å². The highest BCUT2D eigenvalue weighted by Gasteiger charge is 2.26. The van der Waals surface area contributed by atoms with Crippen molar-refractivity contribution in [2.24, 2.45) is 0 Å². The number of urea groups is 1. The van der Waals surface area contributed by atoms with Gasteiger partial charge in [0.05, 0.1) is 17.7 Å². The second-order valence-electron chi connectivity index (χ2n) is 4.26. The molecular weight excluding hydrogens is 270 g/mol. The standard InChI is InChI=1S/C11H15N3O4S/c1-18-10-6-8(4-5-9(10)12)19(16,17)14-11(15)13-7-2-3-7/h4-7H,2-3,12H2,1H3,(H2,13,14,15). The Morgan fingerprint density at radius 1 is 1.42 bits per heavy atom. The van der Waals surface area contributed by atoms with E-state index in [2.05, 4.69) is 5.32 Å². The molecule has 1 aromatic carbocycles. The molecule has 1 aromatic rings. The van der Waals surface area contributed by atoms with Gasteiger partial charge in [0.25, 0.3) is 10.0 Å². The summed E-state index contributed by atoms with van der Waals surface area (Å²) in [4.78, 5) is 11.4. The van der Waals surface area contributed by atoms with E-state index >= 15 is 0 Å². The number of rotatable bonds is 4. The van der Waals surface area contributed by atoms with Crippen molar-refractivity contribution in [1.82, 2.24) is 10.0 Å². The Morgan fingerprint density at radius 2 is 2.11 bits per heavy atom. The van der Waals surface area contributed by atoms with Crippen LogP contribution in [0.2, 0.25) is 0 Å². The molecular formula is C11H15N3O4S. The topological polar surface area (TPSA) is 111 Å². The number of nitrogen functional groups attached to an aromatic ring is 1. The predicted octanol–water partition coefficient (Wildman–Crippen LogP) is 0.428. The largest absolute Gasteiger partial charge is 0.495 e. The molecule has 0 heterocycles. The zero-order valence-electron chi connectivity index (χ0n) is 10.3. The number of anilines is 1. The lowest BCUT2D eigenvalue weighted by Gasteiger charge is -2.10. The molecule has 8 heteroatoms. The summed E-state index contributed by atoms with van der Waals surface area (Å²) in [7, 11) is -2.54. The summed E-state index contributed by atoms with van der Waals surface area (Å²) in [5, 5.41) is 2.53. The molecule has 19 heavy (non-hydrogen) atoms. The zero-order chi connectivity index (χ0) is 14.0. The number of amides is 2. The third kappa shape index (κ3) is 3.28. The van der Waals surface area contributed by atoms with E-state index in [1.165, 1.54) is 25.3 Å². The van der Waals surface area contributed by atoms with Crippen molar-refractivity contribution >= 4 is 21.7 Å². The van der Waals surface area contributed by atoms with Gasteiger partial charge in [-0.3, -0.25) is 0 Å². The molecule has 0 spiro atoms. The lowest BCUT2D eigenvalue weighted by molar-refractivity contribution is 0.245. The molecule has 4 N–H and O–H groups in total. The number of sulfonamides is 1. The van der Waals surface area contributed by atoms with Gasteiger partial charge in [-0.2, -0.15) is 0 Å². The minimum absolute atomic E-state index is 0.0792. The number of hydrogen-bond acceptors (Lipinski definition) is 5. The highest BCUT2D eigenvalue weighted by Crippen LogP contribution is 2.24. The van der Waals surface area contributed by atoms with Crippen molar-refractivity contribution < 1.29 is 17.9 Å². The van der Waals surface area contributed by atoms with E-state index in [0.717, 1.165) is 12.8 Å². The quantitative estimate of drug-likeness (QED) is 0.695. The Balaban J connectivity index is 2.16. The Morgan fingerprint density at radius 3 is 2.68 bits per heavy atom. The van der Waals surface area contributed by atoms with Gasteiger partial charge in [-0.05, 0) is 25.0 Å². The summed E-state index contributed by atoms with van der Waals surface area (Å²) < 4.78 is 30.8. The maximum atomic E-state index is 12.0. The lowest BCUT2D eigenvalue weighted by atomic mass is 10.3. The fourth-order valence-electron chi connectivity index (χ4n) is 1.48. The third-order valence-corrected chi connectivity index (χ3v) is 3.98. The number of nitrogens with one attached hydrogen (secondary N) is 2. The van der Waals surface area contributed by atoms with Crippen molar-refractivity contribution in [1.29, 1.82) is 0 Å². The fourth-order valence-corrected chi connectivity index (χ4v) is 2.41. The van der Waals surface area contributed by atoms with Crippen LogP contribution in [0.4, 0.5) is 10.5 Å². The Hall–Kier alpha value is -1.96. The lowest BCUT2D eigenvalue weighted by Crippen LogP contribution is -2.40. The number of methoxy groups -OCH3 is 1. The second-order valence-corrected chi connectivity index (χ2v) is 5.94. The molecule has 0 radical (unpaired) electrons. The highest BCUT2D eigenvalue weighted by atomic mass is 32.2. The first kappa shape index (κ1) is 13.5. The number of nitrogens with two attached hydrogens (primary N) is 1. The molecule has 0 aromatic heterocycles. The van der Waals surface area contributed by atoms with Crippen molar-refractivity contribution in [2.75, 3.05) is 12.8 Å². The van der Waals surface area contributed by atoms with Crippen LogP contribution in [0.25, 0.3) is 0 Å². The molecule has 1 aliphatic rings. The van der Waals surface area contributed by atoms with Gasteiger partial charge >= 0.3 is 6.03 Å². The van der Waals surface area contributed by atoms with Gasteiger partial charge < -0.3 is 15.8 Å². The van der Waals surface area contributed by atoms with E-state index in [4.69, 9.17) is 10.5 Å².